The molecule has 0 bridgehead atoms. The summed E-state index contributed by atoms with van der Waals surface area (Å²) in [5.41, 5.74) is 3.31. The monoisotopic (exact) mass is 410 g/mol. The second kappa shape index (κ2) is 8.87. The zero-order valence-electron chi connectivity index (χ0n) is 16.5. The Morgan fingerprint density at radius 1 is 1.10 bits per heavy atom. The van der Waals surface area contributed by atoms with E-state index in [0.717, 1.165) is 11.4 Å². The normalized spacial score (nSPS) is 10.6. The molecular weight excluding hydrogens is 388 g/mol. The van der Waals surface area contributed by atoms with Gasteiger partial charge in [0.15, 0.2) is 12.4 Å². The van der Waals surface area contributed by atoms with Gasteiger partial charge >= 0.3 is 5.97 Å². The van der Waals surface area contributed by atoms with Crippen molar-refractivity contribution in [1.82, 2.24) is 4.57 Å². The van der Waals surface area contributed by atoms with Gasteiger partial charge in [0.2, 0.25) is 0 Å². The molecular formula is C22H22N2O4S. The van der Waals surface area contributed by atoms with Gasteiger partial charge in [-0.2, -0.15) is 0 Å². The number of ether oxygens (including phenoxy) is 1. The lowest BCUT2D eigenvalue weighted by Crippen LogP contribution is -2.21. The van der Waals surface area contributed by atoms with Crippen LogP contribution >= 0.6 is 11.3 Å². The Labute approximate surface area is 173 Å². The Bertz CT molecular complexity index is 1030. The Hall–Kier alpha value is -3.19. The van der Waals surface area contributed by atoms with Gasteiger partial charge in [0, 0.05) is 27.5 Å². The molecule has 0 aliphatic heterocycles. The number of ketones is 1. The molecule has 29 heavy (non-hydrogen) atoms. The van der Waals surface area contributed by atoms with Crippen molar-refractivity contribution in [3.8, 4) is 0 Å². The van der Waals surface area contributed by atoms with Crippen LogP contribution in [0.25, 0.3) is 0 Å². The number of nitrogens with zero attached hydrogens (tertiary/aromatic N) is 1. The number of amides is 1. The summed E-state index contributed by atoms with van der Waals surface area (Å²) in [4.78, 5) is 37.0. The molecule has 0 unspecified atom stereocenters. The Kier molecular flexibility index (Phi) is 6.29. The number of nitrogens with one attached hydrogen (secondary N) is 1. The van der Waals surface area contributed by atoms with Crippen LogP contribution in [0.5, 0.6) is 0 Å². The first-order valence-electron chi connectivity index (χ1n) is 9.12. The first kappa shape index (κ1) is 20.5. The minimum atomic E-state index is -0.530. The van der Waals surface area contributed by atoms with Crippen LogP contribution in [0.2, 0.25) is 0 Å². The largest absolute Gasteiger partial charge is 0.452 e. The summed E-state index contributed by atoms with van der Waals surface area (Å²) >= 11 is 1.66. The van der Waals surface area contributed by atoms with Gasteiger partial charge in [0.05, 0.1) is 12.1 Å². The first-order valence-corrected chi connectivity index (χ1v) is 10.00. The SMILES string of the molecule is CC(=O)c1ccc(NC(=O)COC(=O)c2cc(C)n(Cc3cccs3)c2C)cc1. The number of benzene rings is 1. The summed E-state index contributed by atoms with van der Waals surface area (Å²) in [5, 5.41) is 4.66. The molecule has 6 nitrogen and oxygen atoms in total. The Balaban J connectivity index is 1.59. The van der Waals surface area contributed by atoms with Gasteiger partial charge in [-0.25, -0.2) is 4.79 Å². The van der Waals surface area contributed by atoms with E-state index < -0.39 is 11.9 Å². The lowest BCUT2D eigenvalue weighted by Gasteiger charge is -2.09. The highest BCUT2D eigenvalue weighted by Gasteiger charge is 2.18. The molecule has 2 heterocycles. The number of hydrogen-bond donors (Lipinski definition) is 1. The zero-order chi connectivity index (χ0) is 21.0. The van der Waals surface area contributed by atoms with E-state index in [2.05, 4.69) is 16.0 Å². The number of hydrogen-bond acceptors (Lipinski definition) is 5. The maximum atomic E-state index is 12.5. The van der Waals surface area contributed by atoms with E-state index in [4.69, 9.17) is 4.74 Å². The number of carbonyl (C=O) groups excluding carboxylic acids is 3. The molecule has 3 aromatic rings. The summed E-state index contributed by atoms with van der Waals surface area (Å²) in [6.07, 6.45) is 0. The molecule has 7 heteroatoms. The lowest BCUT2D eigenvalue weighted by molar-refractivity contribution is -0.119. The maximum Gasteiger partial charge on any atom is 0.340 e. The van der Waals surface area contributed by atoms with Crippen LogP contribution in [0.15, 0.2) is 47.8 Å². The molecule has 0 fully saturated rings. The molecule has 3 rings (SSSR count). The van der Waals surface area contributed by atoms with Gasteiger partial charge in [0.25, 0.3) is 5.91 Å². The van der Waals surface area contributed by atoms with Gasteiger partial charge in [-0.3, -0.25) is 9.59 Å². The molecule has 0 aliphatic carbocycles. The fraction of sp³-hybridized carbons (Fsp3) is 0.227. The van der Waals surface area contributed by atoms with Gasteiger partial charge in [0.1, 0.15) is 0 Å². The van der Waals surface area contributed by atoms with Crippen LogP contribution in [0.1, 0.15) is 43.9 Å². The highest BCUT2D eigenvalue weighted by atomic mass is 32.1. The average molecular weight is 410 g/mol. The first-order chi connectivity index (χ1) is 13.8. The number of carbonyl (C=O) groups is 3. The summed E-state index contributed by atoms with van der Waals surface area (Å²) in [6.45, 7) is 5.59. The standard InChI is InChI=1S/C22H22N2O4S/c1-14-11-20(15(2)24(14)12-19-5-4-10-29-19)22(27)28-13-21(26)23-18-8-6-17(7-9-18)16(3)25/h4-11H,12-13H2,1-3H3,(H,23,26). The summed E-state index contributed by atoms with van der Waals surface area (Å²) in [5.74, 6) is -1.02. The number of thiophene rings is 1. The molecule has 1 amide bonds. The van der Waals surface area contributed by atoms with E-state index in [0.29, 0.717) is 23.4 Å². The number of aromatic nitrogens is 1. The predicted molar refractivity (Wildman–Crippen MR) is 113 cm³/mol. The van der Waals surface area contributed by atoms with E-state index in [9.17, 15) is 14.4 Å². The second-order valence-electron chi connectivity index (χ2n) is 6.71. The highest BCUT2D eigenvalue weighted by molar-refractivity contribution is 7.09. The average Bonchev–Trinajstić information content (AvgIpc) is 3.30. The molecule has 1 N–H and O–H groups in total. The smallest absolute Gasteiger partial charge is 0.340 e. The minimum absolute atomic E-state index is 0.0477. The van der Waals surface area contributed by atoms with E-state index >= 15 is 0 Å². The third kappa shape index (κ3) is 5.00. The zero-order valence-corrected chi connectivity index (χ0v) is 17.3. The van der Waals surface area contributed by atoms with E-state index in [1.165, 1.54) is 11.8 Å². The van der Waals surface area contributed by atoms with Crippen molar-refractivity contribution in [3.63, 3.8) is 0 Å². The fourth-order valence-corrected chi connectivity index (χ4v) is 3.70. The van der Waals surface area contributed by atoms with Crippen LogP contribution in [0, 0.1) is 13.8 Å². The van der Waals surface area contributed by atoms with E-state index in [-0.39, 0.29) is 12.4 Å². The minimum Gasteiger partial charge on any atom is -0.452 e. The molecule has 150 valence electrons. The Morgan fingerprint density at radius 3 is 2.45 bits per heavy atom. The maximum absolute atomic E-state index is 12.5. The number of rotatable bonds is 7. The van der Waals surface area contributed by atoms with Crippen molar-refractivity contribution < 1.29 is 19.1 Å². The number of esters is 1. The van der Waals surface area contributed by atoms with Crippen LogP contribution in [-0.4, -0.2) is 28.8 Å². The molecule has 0 saturated heterocycles. The van der Waals surface area contributed by atoms with Gasteiger partial charge in [-0.15, -0.1) is 11.3 Å². The third-order valence-corrected chi connectivity index (χ3v) is 5.46. The topological polar surface area (TPSA) is 77.4 Å². The molecule has 2 aromatic heterocycles. The lowest BCUT2D eigenvalue weighted by atomic mass is 10.1. The van der Waals surface area contributed by atoms with Crippen LogP contribution in [0.3, 0.4) is 0 Å². The van der Waals surface area contributed by atoms with Crippen LogP contribution < -0.4 is 5.32 Å². The van der Waals surface area contributed by atoms with Gasteiger partial charge in [-0.05, 0) is 62.5 Å². The van der Waals surface area contributed by atoms with Gasteiger partial charge in [-0.1, -0.05) is 6.07 Å². The highest BCUT2D eigenvalue weighted by Crippen LogP contribution is 2.20. The molecule has 0 radical (unpaired) electrons. The van der Waals surface area contributed by atoms with Gasteiger partial charge < -0.3 is 14.6 Å². The quantitative estimate of drug-likeness (QED) is 0.467. The summed E-state index contributed by atoms with van der Waals surface area (Å²) in [7, 11) is 0. The van der Waals surface area contributed by atoms with Crippen molar-refractivity contribution in [3.05, 3.63) is 75.2 Å². The number of Topliss-reactive ketones (excluding diaryl/α,β-unsaturated/α-hetero) is 1. The van der Waals surface area contributed by atoms with Crippen molar-refractivity contribution in [2.24, 2.45) is 0 Å². The fourth-order valence-electron chi connectivity index (χ4n) is 3.00. The van der Waals surface area contributed by atoms with Crippen molar-refractivity contribution in [1.29, 1.82) is 0 Å². The molecule has 0 saturated carbocycles. The second-order valence-corrected chi connectivity index (χ2v) is 7.74. The van der Waals surface area contributed by atoms with Crippen LogP contribution in [-0.2, 0) is 16.1 Å². The molecule has 0 atom stereocenters. The van der Waals surface area contributed by atoms with Crippen molar-refractivity contribution >= 4 is 34.7 Å². The molecule has 0 spiro atoms. The number of aryl methyl sites for hydroxylation is 1. The Morgan fingerprint density at radius 2 is 1.83 bits per heavy atom. The van der Waals surface area contributed by atoms with E-state index in [1.807, 2.05) is 25.3 Å². The van der Waals surface area contributed by atoms with E-state index in [1.54, 1.807) is 41.7 Å². The van der Waals surface area contributed by atoms with Crippen molar-refractivity contribution in [2.45, 2.75) is 27.3 Å². The molecule has 1 aromatic carbocycles. The third-order valence-electron chi connectivity index (χ3n) is 4.60. The summed E-state index contributed by atoms with van der Waals surface area (Å²) < 4.78 is 7.25. The predicted octanol–water partition coefficient (Wildman–Crippen LogP) is 4.21. The summed E-state index contributed by atoms with van der Waals surface area (Å²) in [6, 6.07) is 12.4. The number of anilines is 1. The van der Waals surface area contributed by atoms with Crippen LogP contribution in [0.4, 0.5) is 5.69 Å². The molecule has 0 aliphatic rings. The van der Waals surface area contributed by atoms with Crippen molar-refractivity contribution in [2.75, 3.05) is 11.9 Å².